The smallest absolute Gasteiger partial charge is 0.340 e. The van der Waals surface area contributed by atoms with Gasteiger partial charge in [-0.15, -0.1) is 0 Å². The van der Waals surface area contributed by atoms with E-state index in [9.17, 15) is 9.59 Å². The number of aromatic amines is 2. The Balaban J connectivity index is 1.86. The van der Waals surface area contributed by atoms with Crippen LogP contribution in [0.25, 0.3) is 11.0 Å². The SMILES string of the molecule is Cc1[nH]c(C(=O)Nc2nc3ccccc3[nH]2)c(C)c1C(=O)OC(C)C. The Bertz CT molecular complexity index is 920. The number of esters is 1. The van der Waals surface area contributed by atoms with Crippen LogP contribution < -0.4 is 5.32 Å². The third kappa shape index (κ3) is 3.26. The minimum atomic E-state index is -0.441. The number of rotatable bonds is 4. The molecule has 0 radical (unpaired) electrons. The molecule has 2 aromatic heterocycles. The molecule has 0 spiro atoms. The summed E-state index contributed by atoms with van der Waals surface area (Å²) in [7, 11) is 0. The van der Waals surface area contributed by atoms with Gasteiger partial charge in [-0.3, -0.25) is 10.1 Å². The van der Waals surface area contributed by atoms with Gasteiger partial charge in [-0.05, 0) is 45.4 Å². The second-order valence-electron chi connectivity index (χ2n) is 6.14. The van der Waals surface area contributed by atoms with Crippen molar-refractivity contribution in [2.75, 3.05) is 5.32 Å². The van der Waals surface area contributed by atoms with Gasteiger partial charge in [0.15, 0.2) is 0 Å². The monoisotopic (exact) mass is 340 g/mol. The van der Waals surface area contributed by atoms with Crippen molar-refractivity contribution < 1.29 is 14.3 Å². The van der Waals surface area contributed by atoms with Crippen molar-refractivity contribution in [2.45, 2.75) is 33.8 Å². The van der Waals surface area contributed by atoms with Crippen LogP contribution in [0.2, 0.25) is 0 Å². The molecule has 0 aliphatic rings. The summed E-state index contributed by atoms with van der Waals surface area (Å²) >= 11 is 0. The number of imidazole rings is 1. The number of hydrogen-bond acceptors (Lipinski definition) is 4. The molecule has 0 aliphatic carbocycles. The number of fused-ring (bicyclic) bond motifs is 1. The number of anilines is 1. The largest absolute Gasteiger partial charge is 0.459 e. The maximum absolute atomic E-state index is 12.6. The van der Waals surface area contributed by atoms with Crippen molar-refractivity contribution in [3.8, 4) is 0 Å². The number of aromatic nitrogens is 3. The van der Waals surface area contributed by atoms with E-state index in [-0.39, 0.29) is 12.0 Å². The lowest BCUT2D eigenvalue weighted by Crippen LogP contribution is -2.16. The lowest BCUT2D eigenvalue weighted by atomic mass is 10.1. The van der Waals surface area contributed by atoms with E-state index in [4.69, 9.17) is 4.74 Å². The summed E-state index contributed by atoms with van der Waals surface area (Å²) in [4.78, 5) is 35.1. The van der Waals surface area contributed by atoms with Crippen LogP contribution in [-0.4, -0.2) is 32.9 Å². The van der Waals surface area contributed by atoms with Crippen LogP contribution in [0.3, 0.4) is 0 Å². The first-order chi connectivity index (χ1) is 11.9. The number of H-pyrrole nitrogens is 2. The molecular formula is C18H20N4O3. The normalized spacial score (nSPS) is 11.1. The second kappa shape index (κ2) is 6.43. The average Bonchev–Trinajstić information content (AvgIpc) is 3.06. The maximum Gasteiger partial charge on any atom is 0.340 e. The molecule has 7 nitrogen and oxygen atoms in total. The Hall–Kier alpha value is -3.09. The summed E-state index contributed by atoms with van der Waals surface area (Å²) in [5.74, 6) is -0.462. The summed E-state index contributed by atoms with van der Waals surface area (Å²) in [5, 5.41) is 2.72. The number of ether oxygens (including phenoxy) is 1. The van der Waals surface area contributed by atoms with E-state index in [0.717, 1.165) is 11.0 Å². The number of amides is 1. The molecule has 0 saturated heterocycles. The fraction of sp³-hybridized carbons (Fsp3) is 0.278. The molecule has 1 aromatic carbocycles. The molecule has 130 valence electrons. The fourth-order valence-corrected chi connectivity index (χ4v) is 2.74. The zero-order chi connectivity index (χ0) is 18.1. The number of nitrogens with zero attached hydrogens (tertiary/aromatic N) is 1. The summed E-state index contributed by atoms with van der Waals surface area (Å²) in [6, 6.07) is 7.49. The Morgan fingerprint density at radius 2 is 1.88 bits per heavy atom. The Labute approximate surface area is 144 Å². The lowest BCUT2D eigenvalue weighted by molar-refractivity contribution is 0.0376. The third-order valence-corrected chi connectivity index (χ3v) is 3.83. The molecule has 3 N–H and O–H groups in total. The van der Waals surface area contributed by atoms with Crippen molar-refractivity contribution >= 4 is 28.9 Å². The van der Waals surface area contributed by atoms with Crippen molar-refractivity contribution in [1.82, 2.24) is 15.0 Å². The van der Waals surface area contributed by atoms with Gasteiger partial charge in [-0.1, -0.05) is 12.1 Å². The fourth-order valence-electron chi connectivity index (χ4n) is 2.74. The molecule has 25 heavy (non-hydrogen) atoms. The summed E-state index contributed by atoms with van der Waals surface area (Å²) in [6.45, 7) is 7.02. The van der Waals surface area contributed by atoms with Crippen LogP contribution in [0.4, 0.5) is 5.95 Å². The number of carbonyl (C=O) groups excluding carboxylic acids is 2. The Morgan fingerprint density at radius 3 is 2.56 bits per heavy atom. The Kier molecular flexibility index (Phi) is 4.31. The van der Waals surface area contributed by atoms with Crippen molar-refractivity contribution in [3.05, 3.63) is 46.8 Å². The highest BCUT2D eigenvalue weighted by Crippen LogP contribution is 2.21. The molecule has 0 bridgehead atoms. The topological polar surface area (TPSA) is 99.9 Å². The summed E-state index contributed by atoms with van der Waals surface area (Å²) < 4.78 is 5.24. The van der Waals surface area contributed by atoms with Crippen LogP contribution in [0.5, 0.6) is 0 Å². The van der Waals surface area contributed by atoms with Gasteiger partial charge in [-0.25, -0.2) is 9.78 Å². The van der Waals surface area contributed by atoms with E-state index < -0.39 is 5.97 Å². The van der Waals surface area contributed by atoms with Gasteiger partial charge in [0.1, 0.15) is 5.69 Å². The predicted octanol–water partition coefficient (Wildman–Crippen LogP) is 3.33. The van der Waals surface area contributed by atoms with Gasteiger partial charge in [0.25, 0.3) is 5.91 Å². The van der Waals surface area contributed by atoms with Crippen molar-refractivity contribution in [3.63, 3.8) is 0 Å². The molecule has 0 fully saturated rings. The first-order valence-corrected chi connectivity index (χ1v) is 8.03. The molecule has 2 heterocycles. The Morgan fingerprint density at radius 1 is 1.16 bits per heavy atom. The van der Waals surface area contributed by atoms with Gasteiger partial charge in [0, 0.05) is 5.69 Å². The molecule has 3 rings (SSSR count). The minimum Gasteiger partial charge on any atom is -0.459 e. The van der Waals surface area contributed by atoms with Gasteiger partial charge in [0.2, 0.25) is 5.95 Å². The number of carbonyl (C=O) groups is 2. The highest BCUT2D eigenvalue weighted by molar-refractivity contribution is 6.06. The maximum atomic E-state index is 12.6. The van der Waals surface area contributed by atoms with E-state index in [2.05, 4.69) is 20.3 Å². The van der Waals surface area contributed by atoms with Crippen LogP contribution in [0.1, 0.15) is 46.0 Å². The summed E-state index contributed by atoms with van der Waals surface area (Å²) in [6.07, 6.45) is -0.228. The number of para-hydroxylation sites is 2. The minimum absolute atomic E-state index is 0.228. The van der Waals surface area contributed by atoms with Crippen molar-refractivity contribution in [2.24, 2.45) is 0 Å². The quantitative estimate of drug-likeness (QED) is 0.634. The zero-order valence-electron chi connectivity index (χ0n) is 14.6. The van der Waals surface area contributed by atoms with Gasteiger partial charge in [-0.2, -0.15) is 0 Å². The number of hydrogen-bond donors (Lipinski definition) is 3. The average molecular weight is 340 g/mol. The molecule has 0 unspecified atom stereocenters. The van der Waals surface area contributed by atoms with Crippen LogP contribution in [-0.2, 0) is 4.74 Å². The van der Waals surface area contributed by atoms with E-state index in [1.807, 2.05) is 24.3 Å². The first-order valence-electron chi connectivity index (χ1n) is 8.03. The van der Waals surface area contributed by atoms with Gasteiger partial charge < -0.3 is 14.7 Å². The van der Waals surface area contributed by atoms with E-state index in [1.54, 1.807) is 27.7 Å². The predicted molar refractivity (Wildman–Crippen MR) is 94.9 cm³/mol. The highest BCUT2D eigenvalue weighted by Gasteiger charge is 2.24. The lowest BCUT2D eigenvalue weighted by Gasteiger charge is -2.08. The van der Waals surface area contributed by atoms with Gasteiger partial charge in [0.05, 0.1) is 22.7 Å². The number of benzene rings is 1. The molecule has 7 heteroatoms. The molecule has 0 saturated carbocycles. The molecule has 1 amide bonds. The van der Waals surface area contributed by atoms with E-state index in [1.165, 1.54) is 0 Å². The first kappa shape index (κ1) is 16.8. The number of nitrogens with one attached hydrogen (secondary N) is 3. The molecule has 0 atom stereocenters. The van der Waals surface area contributed by atoms with Crippen LogP contribution in [0, 0.1) is 13.8 Å². The van der Waals surface area contributed by atoms with E-state index >= 15 is 0 Å². The van der Waals surface area contributed by atoms with Crippen LogP contribution >= 0.6 is 0 Å². The second-order valence-corrected chi connectivity index (χ2v) is 6.14. The third-order valence-electron chi connectivity index (χ3n) is 3.83. The number of aryl methyl sites for hydroxylation is 1. The molecular weight excluding hydrogens is 320 g/mol. The van der Waals surface area contributed by atoms with E-state index in [0.29, 0.717) is 28.5 Å². The van der Waals surface area contributed by atoms with Crippen molar-refractivity contribution in [1.29, 1.82) is 0 Å². The highest BCUT2D eigenvalue weighted by atomic mass is 16.5. The van der Waals surface area contributed by atoms with Gasteiger partial charge >= 0.3 is 5.97 Å². The summed E-state index contributed by atoms with van der Waals surface area (Å²) in [5.41, 5.74) is 3.45. The van der Waals surface area contributed by atoms with Crippen LogP contribution in [0.15, 0.2) is 24.3 Å². The standard InChI is InChI=1S/C18H20N4O3/c1-9(2)25-17(24)14-10(3)15(19-11(14)4)16(23)22-18-20-12-7-5-6-8-13(12)21-18/h5-9,19H,1-4H3,(H2,20,21,22,23). The molecule has 0 aliphatic heterocycles. The molecule has 3 aromatic rings. The zero-order valence-corrected chi connectivity index (χ0v) is 14.6.